The minimum absolute atomic E-state index is 0.870. The second kappa shape index (κ2) is 7.81. The molecule has 6 rings (SSSR count). The van der Waals surface area contributed by atoms with Gasteiger partial charge in [0.05, 0.1) is 16.8 Å². The Morgan fingerprint density at radius 2 is 1.64 bits per heavy atom. The lowest BCUT2D eigenvalue weighted by Gasteiger charge is -2.20. The van der Waals surface area contributed by atoms with E-state index in [1.165, 1.54) is 11.3 Å². The van der Waals surface area contributed by atoms with Crippen molar-refractivity contribution in [1.82, 2.24) is 19.7 Å². The Labute approximate surface area is 200 Å². The third kappa shape index (κ3) is 3.33. The standard InChI is InChI=1S/C27H22BrN5/c1-17-7-6-10-23(29-17)32-16-15-22-18(2)30-27-24(26(22)32)25(19-11-13-20(28)14-12-19)31-33(27)21-8-4-3-5-9-21/h3-14H,15-16H2,1-2H3. The van der Waals surface area contributed by atoms with Crippen molar-refractivity contribution < 1.29 is 0 Å². The summed E-state index contributed by atoms with van der Waals surface area (Å²) in [5, 5.41) is 6.19. The Bertz CT molecular complexity index is 1490. The van der Waals surface area contributed by atoms with Crippen molar-refractivity contribution in [2.75, 3.05) is 11.4 Å². The Kier molecular flexibility index (Phi) is 4.76. The van der Waals surface area contributed by atoms with Gasteiger partial charge in [-0.3, -0.25) is 0 Å². The Hall–Kier alpha value is -3.51. The number of nitrogens with zero attached hydrogens (tertiary/aromatic N) is 5. The highest BCUT2D eigenvalue weighted by Gasteiger charge is 2.31. The molecule has 4 heterocycles. The van der Waals surface area contributed by atoms with Gasteiger partial charge in [0.15, 0.2) is 5.65 Å². The molecule has 33 heavy (non-hydrogen) atoms. The van der Waals surface area contributed by atoms with Gasteiger partial charge in [-0.2, -0.15) is 5.10 Å². The number of halogens is 1. The molecule has 5 nitrogen and oxygen atoms in total. The number of rotatable bonds is 3. The second-order valence-corrected chi connectivity index (χ2v) is 9.28. The molecule has 6 heteroatoms. The summed E-state index contributed by atoms with van der Waals surface area (Å²) in [5.74, 6) is 0.967. The minimum Gasteiger partial charge on any atom is -0.325 e. The zero-order valence-corrected chi connectivity index (χ0v) is 20.0. The molecule has 0 saturated heterocycles. The molecule has 0 atom stereocenters. The maximum atomic E-state index is 5.12. The first kappa shape index (κ1) is 20.1. The summed E-state index contributed by atoms with van der Waals surface area (Å²) in [7, 11) is 0. The molecule has 1 aliphatic heterocycles. The molecular formula is C27H22BrN5. The first-order valence-electron chi connectivity index (χ1n) is 11.0. The van der Waals surface area contributed by atoms with Gasteiger partial charge in [-0.15, -0.1) is 0 Å². The van der Waals surface area contributed by atoms with Gasteiger partial charge < -0.3 is 4.90 Å². The van der Waals surface area contributed by atoms with Gasteiger partial charge in [0.25, 0.3) is 0 Å². The van der Waals surface area contributed by atoms with Crippen LogP contribution in [-0.4, -0.2) is 26.3 Å². The summed E-state index contributed by atoms with van der Waals surface area (Å²) in [4.78, 5) is 12.3. The molecule has 3 aromatic heterocycles. The monoisotopic (exact) mass is 495 g/mol. The number of aromatic nitrogens is 4. The highest BCUT2D eigenvalue weighted by molar-refractivity contribution is 9.10. The van der Waals surface area contributed by atoms with Crippen LogP contribution in [0.2, 0.25) is 0 Å². The van der Waals surface area contributed by atoms with Crippen molar-refractivity contribution in [1.29, 1.82) is 0 Å². The smallest absolute Gasteiger partial charge is 0.165 e. The molecule has 0 radical (unpaired) electrons. The van der Waals surface area contributed by atoms with Gasteiger partial charge in [-0.05, 0) is 62.2 Å². The van der Waals surface area contributed by atoms with Crippen molar-refractivity contribution in [3.05, 3.63) is 94.2 Å². The molecule has 1 aliphatic rings. The van der Waals surface area contributed by atoms with Crippen LogP contribution < -0.4 is 4.90 Å². The average Bonchev–Trinajstić information content (AvgIpc) is 3.43. The largest absolute Gasteiger partial charge is 0.325 e. The van der Waals surface area contributed by atoms with Crippen LogP contribution in [0, 0.1) is 13.8 Å². The van der Waals surface area contributed by atoms with Crippen LogP contribution in [0.3, 0.4) is 0 Å². The van der Waals surface area contributed by atoms with Crippen molar-refractivity contribution in [2.45, 2.75) is 20.3 Å². The lowest BCUT2D eigenvalue weighted by molar-refractivity contribution is 0.896. The molecule has 0 bridgehead atoms. The SMILES string of the molecule is Cc1cccc(N2CCc3c(C)nc4c(c(-c5ccc(Br)cc5)nn4-c4ccccc4)c32)n1. The van der Waals surface area contributed by atoms with Crippen LogP contribution in [0.5, 0.6) is 0 Å². The van der Waals surface area contributed by atoms with Gasteiger partial charge in [0.1, 0.15) is 11.5 Å². The average molecular weight is 496 g/mol. The Morgan fingerprint density at radius 1 is 0.848 bits per heavy atom. The zero-order valence-electron chi connectivity index (χ0n) is 18.5. The summed E-state index contributed by atoms with van der Waals surface area (Å²) in [6, 6.07) is 24.8. The van der Waals surface area contributed by atoms with E-state index in [4.69, 9.17) is 15.1 Å². The van der Waals surface area contributed by atoms with E-state index in [0.717, 1.165) is 62.6 Å². The van der Waals surface area contributed by atoms with E-state index in [2.05, 4.69) is 76.3 Å². The van der Waals surface area contributed by atoms with Crippen molar-refractivity contribution >= 4 is 38.5 Å². The number of benzene rings is 2. The summed E-state index contributed by atoms with van der Waals surface area (Å²) in [6.45, 7) is 5.02. The quantitative estimate of drug-likeness (QED) is 0.284. The van der Waals surface area contributed by atoms with E-state index < -0.39 is 0 Å². The molecule has 162 valence electrons. The molecular weight excluding hydrogens is 474 g/mol. The number of para-hydroxylation sites is 1. The summed E-state index contributed by atoms with van der Waals surface area (Å²) >= 11 is 3.56. The third-order valence-corrected chi connectivity index (χ3v) is 6.75. The van der Waals surface area contributed by atoms with E-state index in [1.807, 2.05) is 35.9 Å². The maximum absolute atomic E-state index is 5.12. The normalized spacial score (nSPS) is 13.0. The van der Waals surface area contributed by atoms with Gasteiger partial charge in [0, 0.05) is 28.0 Å². The number of hydrogen-bond donors (Lipinski definition) is 0. The van der Waals surface area contributed by atoms with E-state index in [9.17, 15) is 0 Å². The van der Waals surface area contributed by atoms with Crippen LogP contribution in [0.4, 0.5) is 11.5 Å². The molecule has 0 aliphatic carbocycles. The Balaban J connectivity index is 1.69. The highest BCUT2D eigenvalue weighted by atomic mass is 79.9. The third-order valence-electron chi connectivity index (χ3n) is 6.22. The summed E-state index contributed by atoms with van der Waals surface area (Å²) < 4.78 is 3.02. The summed E-state index contributed by atoms with van der Waals surface area (Å²) in [6.07, 6.45) is 0.940. The van der Waals surface area contributed by atoms with Crippen LogP contribution in [0.1, 0.15) is 17.0 Å². The molecule has 0 saturated carbocycles. The number of hydrogen-bond acceptors (Lipinski definition) is 4. The van der Waals surface area contributed by atoms with Gasteiger partial charge >= 0.3 is 0 Å². The summed E-state index contributed by atoms with van der Waals surface area (Å²) in [5.41, 5.74) is 8.38. The number of aryl methyl sites for hydroxylation is 2. The van der Waals surface area contributed by atoms with Crippen LogP contribution in [-0.2, 0) is 6.42 Å². The van der Waals surface area contributed by atoms with Crippen LogP contribution >= 0.6 is 15.9 Å². The molecule has 0 fully saturated rings. The number of fused-ring (bicyclic) bond motifs is 3. The fourth-order valence-corrected chi connectivity index (χ4v) is 4.94. The lowest BCUT2D eigenvalue weighted by atomic mass is 10.0. The lowest BCUT2D eigenvalue weighted by Crippen LogP contribution is -2.15. The number of anilines is 2. The fourth-order valence-electron chi connectivity index (χ4n) is 4.68. The molecule has 0 N–H and O–H groups in total. The first-order valence-corrected chi connectivity index (χ1v) is 11.8. The minimum atomic E-state index is 0.870. The first-order chi connectivity index (χ1) is 16.1. The van der Waals surface area contributed by atoms with Gasteiger partial charge in [-0.1, -0.05) is 52.3 Å². The highest BCUT2D eigenvalue weighted by Crippen LogP contribution is 2.44. The topological polar surface area (TPSA) is 46.8 Å². The van der Waals surface area contributed by atoms with Gasteiger partial charge in [0.2, 0.25) is 0 Å². The molecule has 2 aromatic carbocycles. The predicted octanol–water partition coefficient (Wildman–Crippen LogP) is 6.56. The number of pyridine rings is 2. The molecule has 0 amide bonds. The van der Waals surface area contributed by atoms with Crippen molar-refractivity contribution in [3.8, 4) is 16.9 Å². The van der Waals surface area contributed by atoms with Crippen LogP contribution in [0.15, 0.2) is 77.3 Å². The molecule has 5 aromatic rings. The maximum Gasteiger partial charge on any atom is 0.165 e. The van der Waals surface area contributed by atoms with Crippen molar-refractivity contribution in [3.63, 3.8) is 0 Å². The van der Waals surface area contributed by atoms with E-state index in [1.54, 1.807) is 0 Å². The van der Waals surface area contributed by atoms with E-state index >= 15 is 0 Å². The van der Waals surface area contributed by atoms with Crippen LogP contribution in [0.25, 0.3) is 28.0 Å². The predicted molar refractivity (Wildman–Crippen MR) is 136 cm³/mol. The van der Waals surface area contributed by atoms with E-state index in [-0.39, 0.29) is 0 Å². The zero-order chi connectivity index (χ0) is 22.5. The van der Waals surface area contributed by atoms with Crippen molar-refractivity contribution in [2.24, 2.45) is 0 Å². The Morgan fingerprint density at radius 3 is 2.39 bits per heavy atom. The van der Waals surface area contributed by atoms with E-state index in [0.29, 0.717) is 0 Å². The van der Waals surface area contributed by atoms with Gasteiger partial charge in [-0.25, -0.2) is 14.6 Å². The molecule has 0 spiro atoms. The second-order valence-electron chi connectivity index (χ2n) is 8.36. The molecule has 0 unspecified atom stereocenters. The fraction of sp³-hybridized carbons (Fsp3) is 0.148.